The minimum atomic E-state index is -1.07. The van der Waals surface area contributed by atoms with Gasteiger partial charge < -0.3 is 4.74 Å². The average molecular weight is 394 g/mol. The van der Waals surface area contributed by atoms with Crippen molar-refractivity contribution in [2.24, 2.45) is 5.41 Å². The van der Waals surface area contributed by atoms with E-state index in [1.54, 1.807) is 19.1 Å². The molecule has 0 aromatic heterocycles. The number of nitriles is 2. The summed E-state index contributed by atoms with van der Waals surface area (Å²) in [6.07, 6.45) is 3.19. The van der Waals surface area contributed by atoms with Gasteiger partial charge in [0, 0.05) is 16.1 Å². The van der Waals surface area contributed by atoms with E-state index in [1.165, 1.54) is 6.92 Å². The number of carbonyl (C=O) groups is 1. The molecule has 21 heavy (non-hydrogen) atoms. The number of allylic oxidation sites excluding steroid dienone is 1. The Morgan fingerprint density at radius 3 is 2.57 bits per heavy atom. The van der Waals surface area contributed by atoms with Crippen LogP contribution in [0.25, 0.3) is 0 Å². The first-order valence-electron chi connectivity index (χ1n) is 6.32. The molecule has 0 aliphatic carbocycles. The Morgan fingerprint density at radius 2 is 2.05 bits per heavy atom. The van der Waals surface area contributed by atoms with Crippen LogP contribution < -0.4 is 0 Å². The molecule has 0 spiro atoms. The maximum atomic E-state index is 11.2. The predicted molar refractivity (Wildman–Crippen MR) is 86.8 cm³/mol. The number of benzene rings is 1. The molecule has 0 fully saturated rings. The van der Waals surface area contributed by atoms with Crippen molar-refractivity contribution in [2.75, 3.05) is 0 Å². The Labute approximate surface area is 138 Å². The number of halogens is 1. The fourth-order valence-corrected chi connectivity index (χ4v) is 2.33. The molecule has 0 aliphatic rings. The van der Waals surface area contributed by atoms with E-state index in [-0.39, 0.29) is 12.4 Å². The summed E-state index contributed by atoms with van der Waals surface area (Å²) < 4.78 is 6.28. The van der Waals surface area contributed by atoms with Crippen LogP contribution in [-0.4, -0.2) is 5.97 Å². The van der Waals surface area contributed by atoms with Crippen LogP contribution in [0, 0.1) is 31.6 Å². The van der Waals surface area contributed by atoms with E-state index in [4.69, 9.17) is 15.3 Å². The Kier molecular flexibility index (Phi) is 6.39. The van der Waals surface area contributed by atoms with Crippen molar-refractivity contribution in [1.82, 2.24) is 0 Å². The molecule has 1 atom stereocenters. The maximum Gasteiger partial charge on any atom is 0.303 e. The summed E-state index contributed by atoms with van der Waals surface area (Å²) in [7, 11) is 0. The van der Waals surface area contributed by atoms with E-state index in [1.807, 2.05) is 36.4 Å². The van der Waals surface area contributed by atoms with Crippen molar-refractivity contribution in [1.29, 1.82) is 10.5 Å². The molecule has 0 saturated heterocycles. The zero-order chi connectivity index (χ0) is 15.9. The lowest BCUT2D eigenvalue weighted by Crippen LogP contribution is -2.10. The largest absolute Gasteiger partial charge is 0.453 e. The van der Waals surface area contributed by atoms with E-state index >= 15 is 0 Å². The quantitative estimate of drug-likeness (QED) is 0.432. The Balaban J connectivity index is 2.96. The van der Waals surface area contributed by atoms with Gasteiger partial charge in [-0.05, 0) is 48.1 Å². The maximum absolute atomic E-state index is 11.2. The van der Waals surface area contributed by atoms with E-state index in [9.17, 15) is 4.79 Å². The summed E-state index contributed by atoms with van der Waals surface area (Å²) >= 11 is 2.18. The Morgan fingerprint density at radius 1 is 1.43 bits per heavy atom. The Hall–Kier alpha value is -1.86. The highest BCUT2D eigenvalue weighted by atomic mass is 127. The number of hydrogen-bond donors (Lipinski definition) is 0. The summed E-state index contributed by atoms with van der Waals surface area (Å²) in [6, 6.07) is 11.5. The van der Waals surface area contributed by atoms with Gasteiger partial charge in [-0.25, -0.2) is 0 Å². The predicted octanol–water partition coefficient (Wildman–Crippen LogP) is 3.90. The zero-order valence-corrected chi connectivity index (χ0v) is 14.0. The average Bonchev–Trinajstić information content (AvgIpc) is 2.46. The molecule has 108 valence electrons. The van der Waals surface area contributed by atoms with Crippen LogP contribution in [0.15, 0.2) is 36.4 Å². The lowest BCUT2D eigenvalue weighted by atomic mass is 9.90. The van der Waals surface area contributed by atoms with Crippen LogP contribution in [-0.2, 0) is 9.53 Å². The third-order valence-corrected chi connectivity index (χ3v) is 3.82. The molecular weight excluding hydrogens is 379 g/mol. The molecule has 0 radical (unpaired) electrons. The lowest BCUT2D eigenvalue weighted by Gasteiger charge is -2.16. The summed E-state index contributed by atoms with van der Waals surface area (Å²) in [5.41, 5.74) is -0.193. The second kappa shape index (κ2) is 7.80. The molecule has 0 N–H and O–H groups in total. The van der Waals surface area contributed by atoms with E-state index in [0.717, 1.165) is 9.13 Å². The van der Waals surface area contributed by atoms with Gasteiger partial charge in [0.15, 0.2) is 0 Å². The normalized spacial score (nSPS) is 12.4. The van der Waals surface area contributed by atoms with Gasteiger partial charge in [0.05, 0.1) is 12.1 Å². The lowest BCUT2D eigenvalue weighted by molar-refractivity contribution is -0.144. The summed E-state index contributed by atoms with van der Waals surface area (Å²) in [5, 5.41) is 17.9. The zero-order valence-electron chi connectivity index (χ0n) is 11.8. The van der Waals surface area contributed by atoms with Crippen LogP contribution in [0.5, 0.6) is 0 Å². The van der Waals surface area contributed by atoms with Crippen LogP contribution in [0.1, 0.15) is 31.9 Å². The summed E-state index contributed by atoms with van der Waals surface area (Å²) in [5.74, 6) is -0.382. The molecule has 1 aromatic carbocycles. The summed E-state index contributed by atoms with van der Waals surface area (Å²) in [6.45, 7) is 2.93. The second-order valence-corrected chi connectivity index (χ2v) is 5.90. The highest BCUT2D eigenvalue weighted by Crippen LogP contribution is 2.26. The van der Waals surface area contributed by atoms with Gasteiger partial charge in [-0.3, -0.25) is 4.79 Å². The molecule has 4 nitrogen and oxygen atoms in total. The van der Waals surface area contributed by atoms with Crippen molar-refractivity contribution in [3.63, 3.8) is 0 Å². The smallest absolute Gasteiger partial charge is 0.303 e. The SMILES string of the molecule is CC(=O)OC(/C=C/CC(C)(C#N)C#N)c1ccccc1I. The van der Waals surface area contributed by atoms with Gasteiger partial charge in [0.25, 0.3) is 0 Å². The van der Waals surface area contributed by atoms with E-state index in [2.05, 4.69) is 22.6 Å². The van der Waals surface area contributed by atoms with Crippen molar-refractivity contribution >= 4 is 28.6 Å². The number of esters is 1. The molecule has 1 aromatic rings. The molecule has 0 aliphatic heterocycles. The number of rotatable bonds is 5. The van der Waals surface area contributed by atoms with Crippen LogP contribution in [0.2, 0.25) is 0 Å². The van der Waals surface area contributed by atoms with Gasteiger partial charge in [-0.1, -0.05) is 24.3 Å². The van der Waals surface area contributed by atoms with Crippen LogP contribution in [0.3, 0.4) is 0 Å². The van der Waals surface area contributed by atoms with Gasteiger partial charge in [0.1, 0.15) is 11.5 Å². The third-order valence-electron chi connectivity index (χ3n) is 2.84. The fraction of sp³-hybridized carbons (Fsp3) is 0.312. The minimum Gasteiger partial charge on any atom is -0.453 e. The van der Waals surface area contributed by atoms with Gasteiger partial charge in [-0.2, -0.15) is 10.5 Å². The number of ether oxygens (including phenoxy) is 1. The molecular formula is C16H15IN2O2. The number of hydrogen-bond acceptors (Lipinski definition) is 4. The number of carbonyl (C=O) groups excluding carboxylic acids is 1. The molecule has 1 unspecified atom stereocenters. The minimum absolute atomic E-state index is 0.279. The van der Waals surface area contributed by atoms with Gasteiger partial charge in [-0.15, -0.1) is 0 Å². The summed E-state index contributed by atoms with van der Waals surface area (Å²) in [4.78, 5) is 11.2. The van der Waals surface area contributed by atoms with Crippen LogP contribution in [0.4, 0.5) is 0 Å². The van der Waals surface area contributed by atoms with Gasteiger partial charge >= 0.3 is 5.97 Å². The van der Waals surface area contributed by atoms with Crippen molar-refractivity contribution in [2.45, 2.75) is 26.4 Å². The monoisotopic (exact) mass is 394 g/mol. The highest BCUT2D eigenvalue weighted by molar-refractivity contribution is 14.1. The standard InChI is InChI=1S/C16H15IN2O2/c1-12(20)21-15(13-6-3-4-7-14(13)17)8-5-9-16(2,10-18)11-19/h3-8,15H,9H2,1-2H3/b8-5+. The molecule has 0 amide bonds. The molecule has 0 bridgehead atoms. The van der Waals surface area contributed by atoms with Crippen LogP contribution >= 0.6 is 22.6 Å². The van der Waals surface area contributed by atoms with E-state index in [0.29, 0.717) is 0 Å². The molecule has 0 heterocycles. The first kappa shape index (κ1) is 17.2. The fourth-order valence-electron chi connectivity index (χ4n) is 1.63. The van der Waals surface area contributed by atoms with Crippen molar-refractivity contribution in [3.8, 4) is 12.1 Å². The van der Waals surface area contributed by atoms with Crippen molar-refractivity contribution < 1.29 is 9.53 Å². The third kappa shape index (κ3) is 5.20. The van der Waals surface area contributed by atoms with Crippen molar-refractivity contribution in [3.05, 3.63) is 45.6 Å². The number of nitrogens with zero attached hydrogens (tertiary/aromatic N) is 2. The highest BCUT2D eigenvalue weighted by Gasteiger charge is 2.22. The first-order valence-corrected chi connectivity index (χ1v) is 7.40. The molecule has 5 heteroatoms. The van der Waals surface area contributed by atoms with E-state index < -0.39 is 11.5 Å². The molecule has 1 rings (SSSR count). The second-order valence-electron chi connectivity index (χ2n) is 4.74. The Bertz CT molecular complexity index is 612. The topological polar surface area (TPSA) is 73.9 Å². The van der Waals surface area contributed by atoms with Gasteiger partial charge in [0.2, 0.25) is 0 Å². The molecule has 0 saturated carbocycles. The first-order chi connectivity index (χ1) is 9.91.